The Kier molecular flexibility index (Phi) is 5.23. The molecule has 2 N–H and O–H groups in total. The van der Waals surface area contributed by atoms with Crippen LogP contribution in [0.25, 0.3) is 16.6 Å². The fraction of sp³-hybridized carbons (Fsp3) is 0.261. The predicted octanol–water partition coefficient (Wildman–Crippen LogP) is 4.55. The summed E-state index contributed by atoms with van der Waals surface area (Å²) >= 11 is 0. The van der Waals surface area contributed by atoms with Gasteiger partial charge >= 0.3 is 5.97 Å². The average molecular weight is 405 g/mol. The first-order valence-electron chi connectivity index (χ1n) is 9.74. The Morgan fingerprint density at radius 3 is 2.70 bits per heavy atom. The molecule has 0 amide bonds. The van der Waals surface area contributed by atoms with Crippen molar-refractivity contribution < 1.29 is 19.0 Å². The van der Waals surface area contributed by atoms with Crippen molar-refractivity contribution in [2.24, 2.45) is 0 Å². The lowest BCUT2D eigenvalue weighted by atomic mass is 9.79. The molecule has 7 heteroatoms. The molecule has 6 nitrogen and oxygen atoms in total. The molecule has 0 unspecified atom stereocenters. The van der Waals surface area contributed by atoms with Gasteiger partial charge in [0.05, 0.1) is 16.4 Å². The summed E-state index contributed by atoms with van der Waals surface area (Å²) in [4.78, 5) is 20.3. The monoisotopic (exact) mass is 405 g/mol. The number of nitrogens with zero attached hydrogens (tertiary/aromatic N) is 2. The molecule has 0 saturated heterocycles. The maximum absolute atomic E-state index is 13.7. The van der Waals surface area contributed by atoms with Crippen LogP contribution in [0.1, 0.15) is 37.1 Å². The van der Waals surface area contributed by atoms with E-state index < -0.39 is 29.6 Å². The number of aliphatic hydroxyl groups excluding tert-OH is 1. The minimum atomic E-state index is -0.936. The SMILES string of the molecule is N#C/C(=C(\O)COC(=O)C1(c2cccc(F)c2)CCCC1)c1nc2ccccc2[nH]1. The Morgan fingerprint density at radius 1 is 1.23 bits per heavy atom. The Balaban J connectivity index is 1.57. The van der Waals surface area contributed by atoms with Crippen molar-refractivity contribution in [2.45, 2.75) is 31.1 Å². The highest BCUT2D eigenvalue weighted by molar-refractivity contribution is 5.85. The van der Waals surface area contributed by atoms with Crippen molar-refractivity contribution in [1.82, 2.24) is 9.97 Å². The van der Waals surface area contributed by atoms with Gasteiger partial charge in [-0.25, -0.2) is 9.37 Å². The summed E-state index contributed by atoms with van der Waals surface area (Å²) < 4.78 is 19.2. The fourth-order valence-corrected chi connectivity index (χ4v) is 4.04. The van der Waals surface area contributed by atoms with Crippen LogP contribution in [0.5, 0.6) is 0 Å². The second-order valence-electron chi connectivity index (χ2n) is 7.41. The molecule has 30 heavy (non-hydrogen) atoms. The largest absolute Gasteiger partial charge is 0.507 e. The number of benzene rings is 2. The molecule has 0 aliphatic heterocycles. The molecule has 1 fully saturated rings. The second kappa shape index (κ2) is 7.99. The van der Waals surface area contributed by atoms with E-state index in [1.165, 1.54) is 12.1 Å². The number of fused-ring (bicyclic) bond motifs is 1. The van der Waals surface area contributed by atoms with Crippen molar-refractivity contribution in [3.63, 3.8) is 0 Å². The fourth-order valence-electron chi connectivity index (χ4n) is 4.04. The van der Waals surface area contributed by atoms with Gasteiger partial charge < -0.3 is 14.8 Å². The Hall–Kier alpha value is -3.66. The first-order valence-corrected chi connectivity index (χ1v) is 9.74. The molecule has 1 aliphatic rings. The number of hydrogen-bond donors (Lipinski definition) is 2. The Labute approximate surface area is 172 Å². The van der Waals surface area contributed by atoms with Crippen LogP contribution in [0.15, 0.2) is 54.3 Å². The number of carbonyl (C=O) groups is 1. The normalized spacial score (nSPS) is 16.1. The number of nitrogens with one attached hydrogen (secondary N) is 1. The van der Waals surface area contributed by atoms with Gasteiger partial charge in [0.1, 0.15) is 24.1 Å². The summed E-state index contributed by atoms with van der Waals surface area (Å²) in [6.45, 7) is -0.462. The number of para-hydroxylation sites is 2. The maximum Gasteiger partial charge on any atom is 0.317 e. The second-order valence-corrected chi connectivity index (χ2v) is 7.41. The van der Waals surface area contributed by atoms with E-state index in [-0.39, 0.29) is 11.4 Å². The van der Waals surface area contributed by atoms with Gasteiger partial charge in [0, 0.05) is 0 Å². The van der Waals surface area contributed by atoms with E-state index in [0.717, 1.165) is 18.4 Å². The molecule has 0 bridgehead atoms. The highest BCUT2D eigenvalue weighted by Crippen LogP contribution is 2.42. The number of rotatable bonds is 5. The van der Waals surface area contributed by atoms with Crippen molar-refractivity contribution >= 4 is 22.6 Å². The van der Waals surface area contributed by atoms with Gasteiger partial charge in [-0.05, 0) is 42.7 Å². The van der Waals surface area contributed by atoms with Gasteiger partial charge in [-0.2, -0.15) is 5.26 Å². The van der Waals surface area contributed by atoms with Gasteiger partial charge in [0.25, 0.3) is 0 Å². The van der Waals surface area contributed by atoms with E-state index in [9.17, 15) is 19.6 Å². The number of aromatic amines is 1. The van der Waals surface area contributed by atoms with Crippen LogP contribution in [0.4, 0.5) is 4.39 Å². The van der Waals surface area contributed by atoms with Gasteiger partial charge in [0.15, 0.2) is 11.6 Å². The lowest BCUT2D eigenvalue weighted by Gasteiger charge is -2.27. The summed E-state index contributed by atoms with van der Waals surface area (Å²) in [5.74, 6) is -1.13. The van der Waals surface area contributed by atoms with Crippen LogP contribution >= 0.6 is 0 Å². The molecule has 0 spiro atoms. The first-order chi connectivity index (χ1) is 14.5. The summed E-state index contributed by atoms with van der Waals surface area (Å²) in [6.07, 6.45) is 2.76. The zero-order valence-electron chi connectivity index (χ0n) is 16.2. The number of aromatic nitrogens is 2. The van der Waals surface area contributed by atoms with E-state index in [1.807, 2.05) is 18.2 Å². The molecule has 3 aromatic rings. The van der Waals surface area contributed by atoms with Crippen LogP contribution in [-0.2, 0) is 14.9 Å². The van der Waals surface area contributed by atoms with Gasteiger partial charge in [-0.1, -0.05) is 37.1 Å². The number of carbonyl (C=O) groups excluding carboxylic acids is 1. The van der Waals surface area contributed by atoms with Gasteiger partial charge in [-0.3, -0.25) is 4.79 Å². The summed E-state index contributed by atoms with van der Waals surface area (Å²) in [7, 11) is 0. The standard InChI is InChI=1S/C23H20FN3O3/c24-16-7-5-6-15(12-16)23(10-3-4-11-23)22(29)30-14-20(28)17(13-25)21-26-18-8-1-2-9-19(18)27-21/h1-2,5-9,12,28H,3-4,10-11,14H2,(H,26,27)/b20-17+. The molecule has 4 rings (SSSR count). The van der Waals surface area contributed by atoms with Gasteiger partial charge in [0.2, 0.25) is 0 Å². The number of ether oxygens (including phenoxy) is 1. The number of allylic oxidation sites excluding steroid dienone is 1. The molecule has 1 saturated carbocycles. The van der Waals surface area contributed by atoms with E-state index in [0.29, 0.717) is 23.9 Å². The molecule has 0 radical (unpaired) electrons. The third kappa shape index (κ3) is 3.52. The zero-order chi connectivity index (χ0) is 21.1. The summed E-state index contributed by atoms with van der Waals surface area (Å²) in [6, 6.07) is 15.1. The maximum atomic E-state index is 13.7. The molecule has 1 heterocycles. The molecular formula is C23H20FN3O3. The van der Waals surface area contributed by atoms with Crippen LogP contribution in [0.3, 0.4) is 0 Å². The molecular weight excluding hydrogens is 385 g/mol. The number of imidazole rings is 1. The van der Waals surface area contributed by atoms with Crippen molar-refractivity contribution in [3.05, 3.63) is 71.5 Å². The van der Waals surface area contributed by atoms with Gasteiger partial charge in [-0.15, -0.1) is 0 Å². The van der Waals surface area contributed by atoms with Crippen LogP contribution in [0.2, 0.25) is 0 Å². The number of nitriles is 1. The molecule has 2 aromatic carbocycles. The summed E-state index contributed by atoms with van der Waals surface area (Å²) in [5.41, 5.74) is 0.924. The third-order valence-corrected chi connectivity index (χ3v) is 5.59. The number of aliphatic hydroxyl groups is 1. The smallest absolute Gasteiger partial charge is 0.317 e. The van der Waals surface area contributed by atoms with Crippen molar-refractivity contribution in [1.29, 1.82) is 5.26 Å². The van der Waals surface area contributed by atoms with E-state index in [2.05, 4.69) is 9.97 Å². The van der Waals surface area contributed by atoms with Crippen LogP contribution < -0.4 is 0 Å². The Morgan fingerprint density at radius 2 is 2.00 bits per heavy atom. The molecule has 0 atom stereocenters. The summed E-state index contributed by atoms with van der Waals surface area (Å²) in [5, 5.41) is 19.9. The third-order valence-electron chi connectivity index (χ3n) is 5.59. The topological polar surface area (TPSA) is 99.0 Å². The van der Waals surface area contributed by atoms with Crippen LogP contribution in [0, 0.1) is 17.1 Å². The Bertz CT molecular complexity index is 1140. The number of hydrogen-bond acceptors (Lipinski definition) is 5. The van der Waals surface area contributed by atoms with E-state index >= 15 is 0 Å². The predicted molar refractivity (Wildman–Crippen MR) is 109 cm³/mol. The zero-order valence-corrected chi connectivity index (χ0v) is 16.2. The average Bonchev–Trinajstić information content (AvgIpc) is 3.40. The quantitative estimate of drug-likeness (QED) is 0.369. The molecule has 1 aliphatic carbocycles. The lowest BCUT2D eigenvalue weighted by molar-refractivity contribution is -0.150. The highest BCUT2D eigenvalue weighted by atomic mass is 19.1. The minimum Gasteiger partial charge on any atom is -0.507 e. The van der Waals surface area contributed by atoms with E-state index in [4.69, 9.17) is 4.74 Å². The first kappa shape index (κ1) is 19.6. The molecule has 1 aromatic heterocycles. The van der Waals surface area contributed by atoms with Crippen LogP contribution in [-0.4, -0.2) is 27.7 Å². The number of halogens is 1. The highest BCUT2D eigenvalue weighted by Gasteiger charge is 2.44. The number of esters is 1. The lowest BCUT2D eigenvalue weighted by Crippen LogP contribution is -2.35. The van der Waals surface area contributed by atoms with E-state index in [1.54, 1.807) is 24.3 Å². The van der Waals surface area contributed by atoms with Crippen molar-refractivity contribution in [3.8, 4) is 6.07 Å². The molecule has 152 valence electrons. The minimum absolute atomic E-state index is 0.0924. The van der Waals surface area contributed by atoms with Crippen molar-refractivity contribution in [2.75, 3.05) is 6.61 Å². The number of H-pyrrole nitrogens is 1.